The lowest BCUT2D eigenvalue weighted by Crippen LogP contribution is -2.14. The van der Waals surface area contributed by atoms with E-state index < -0.39 is 5.97 Å². The first kappa shape index (κ1) is 13.2. The molecule has 1 rings (SSSR count). The summed E-state index contributed by atoms with van der Waals surface area (Å²) in [6.07, 6.45) is 0. The molecule has 0 radical (unpaired) electrons. The fraction of sp³-hybridized carbons (Fsp3) is 0.400. The van der Waals surface area contributed by atoms with E-state index in [1.165, 1.54) is 11.3 Å². The van der Waals surface area contributed by atoms with Gasteiger partial charge in [-0.3, -0.25) is 4.79 Å². The predicted octanol–water partition coefficient (Wildman–Crippen LogP) is 2.57. The van der Waals surface area contributed by atoms with Crippen LogP contribution in [-0.4, -0.2) is 23.8 Å². The number of carbonyl (C=O) groups is 2. The van der Waals surface area contributed by atoms with Crippen LogP contribution in [0.3, 0.4) is 0 Å². The van der Waals surface area contributed by atoms with E-state index in [4.69, 9.17) is 4.74 Å². The lowest BCUT2D eigenvalue weighted by Gasteiger charge is -2.03. The van der Waals surface area contributed by atoms with Gasteiger partial charge in [0.2, 0.25) is 5.91 Å². The molecule has 4 nitrogen and oxygen atoms in total. The lowest BCUT2D eigenvalue weighted by atomic mass is 10.3. The van der Waals surface area contributed by atoms with Gasteiger partial charge in [0.05, 0.1) is 17.5 Å². The van der Waals surface area contributed by atoms with Crippen LogP contribution in [-0.2, 0) is 9.53 Å². The van der Waals surface area contributed by atoms with Crippen LogP contribution in [0, 0.1) is 6.92 Å². The number of rotatable bonds is 4. The van der Waals surface area contributed by atoms with Crippen LogP contribution in [0.2, 0.25) is 0 Å². The minimum absolute atomic E-state index is 0.188. The molecule has 88 valence electrons. The summed E-state index contributed by atoms with van der Waals surface area (Å²) >= 11 is 4.41. The van der Waals surface area contributed by atoms with E-state index in [2.05, 4.69) is 21.2 Å². The van der Waals surface area contributed by atoms with Crippen molar-refractivity contribution in [2.45, 2.75) is 13.8 Å². The van der Waals surface area contributed by atoms with Crippen molar-refractivity contribution in [1.82, 2.24) is 0 Å². The number of thiophene rings is 1. The molecule has 0 fully saturated rings. The second-order valence-electron chi connectivity index (χ2n) is 3.00. The normalized spacial score (nSPS) is 9.94. The highest BCUT2D eigenvalue weighted by Gasteiger charge is 2.17. The smallest absolute Gasteiger partial charge is 0.341 e. The van der Waals surface area contributed by atoms with Crippen molar-refractivity contribution in [1.29, 1.82) is 0 Å². The van der Waals surface area contributed by atoms with Gasteiger partial charge in [0.25, 0.3) is 0 Å². The van der Waals surface area contributed by atoms with E-state index in [0.717, 1.165) is 4.88 Å². The average molecular weight is 306 g/mol. The first-order chi connectivity index (χ1) is 7.58. The number of halogens is 1. The Bertz CT molecular complexity index is 403. The number of amides is 1. The molecule has 6 heteroatoms. The van der Waals surface area contributed by atoms with Crippen molar-refractivity contribution in [3.63, 3.8) is 0 Å². The van der Waals surface area contributed by atoms with E-state index in [1.807, 2.05) is 6.92 Å². The van der Waals surface area contributed by atoms with Crippen LogP contribution in [0.4, 0.5) is 5.00 Å². The minimum Gasteiger partial charge on any atom is -0.462 e. The molecule has 1 heterocycles. The van der Waals surface area contributed by atoms with Gasteiger partial charge in [-0.25, -0.2) is 4.79 Å². The van der Waals surface area contributed by atoms with Crippen molar-refractivity contribution in [3.8, 4) is 0 Å². The van der Waals surface area contributed by atoms with Gasteiger partial charge in [-0.15, -0.1) is 11.3 Å². The SMILES string of the molecule is CCOC(=O)c1cc(C)sc1NC(=O)CBr. The Kier molecular flexibility index (Phi) is 4.95. The Balaban J connectivity index is 2.91. The lowest BCUT2D eigenvalue weighted by molar-refractivity contribution is -0.113. The molecule has 16 heavy (non-hydrogen) atoms. The summed E-state index contributed by atoms with van der Waals surface area (Å²) in [5.74, 6) is -0.593. The van der Waals surface area contributed by atoms with Crippen molar-refractivity contribution >= 4 is 44.1 Å². The van der Waals surface area contributed by atoms with Crippen LogP contribution in [0.5, 0.6) is 0 Å². The molecule has 1 amide bonds. The number of hydrogen-bond donors (Lipinski definition) is 1. The van der Waals surface area contributed by atoms with Gasteiger partial charge < -0.3 is 10.1 Å². The molecule has 0 aromatic carbocycles. The van der Waals surface area contributed by atoms with E-state index in [9.17, 15) is 9.59 Å². The fourth-order valence-electron chi connectivity index (χ4n) is 1.13. The number of anilines is 1. The van der Waals surface area contributed by atoms with E-state index in [1.54, 1.807) is 13.0 Å². The molecule has 0 saturated carbocycles. The van der Waals surface area contributed by atoms with Gasteiger partial charge in [0.1, 0.15) is 5.00 Å². The number of hydrogen-bond acceptors (Lipinski definition) is 4. The predicted molar refractivity (Wildman–Crippen MR) is 67.4 cm³/mol. The van der Waals surface area contributed by atoms with Gasteiger partial charge >= 0.3 is 5.97 Å². The summed E-state index contributed by atoms with van der Waals surface area (Å²) in [7, 11) is 0. The maximum Gasteiger partial charge on any atom is 0.341 e. The van der Waals surface area contributed by atoms with Gasteiger partial charge in [-0.2, -0.15) is 0 Å². The molecule has 0 aliphatic heterocycles. The van der Waals surface area contributed by atoms with E-state index in [0.29, 0.717) is 17.2 Å². The second kappa shape index (κ2) is 6.00. The summed E-state index contributed by atoms with van der Waals surface area (Å²) in [5, 5.41) is 3.39. The van der Waals surface area contributed by atoms with Crippen LogP contribution in [0.15, 0.2) is 6.07 Å². The zero-order valence-corrected chi connectivity index (χ0v) is 11.4. The highest BCUT2D eigenvalue weighted by Crippen LogP contribution is 2.28. The monoisotopic (exact) mass is 305 g/mol. The van der Waals surface area contributed by atoms with E-state index >= 15 is 0 Å². The Labute approximate surface area is 106 Å². The molecular weight excluding hydrogens is 294 g/mol. The van der Waals surface area contributed by atoms with Crippen molar-refractivity contribution in [2.24, 2.45) is 0 Å². The summed E-state index contributed by atoms with van der Waals surface area (Å²) in [4.78, 5) is 23.7. The van der Waals surface area contributed by atoms with Crippen LogP contribution in [0.1, 0.15) is 22.2 Å². The highest BCUT2D eigenvalue weighted by molar-refractivity contribution is 9.09. The standard InChI is InChI=1S/C10H12BrNO3S/c1-3-15-10(14)7-4-6(2)16-9(7)12-8(13)5-11/h4H,3,5H2,1-2H3,(H,12,13). The number of aryl methyl sites for hydroxylation is 1. The average Bonchev–Trinajstić information content (AvgIpc) is 2.59. The van der Waals surface area contributed by atoms with Crippen LogP contribution < -0.4 is 5.32 Å². The number of alkyl halides is 1. The zero-order chi connectivity index (χ0) is 12.1. The number of nitrogens with one attached hydrogen (secondary N) is 1. The molecular formula is C10H12BrNO3S. The molecule has 0 atom stereocenters. The molecule has 0 unspecified atom stereocenters. The van der Waals surface area contributed by atoms with Gasteiger partial charge in [0, 0.05) is 4.88 Å². The van der Waals surface area contributed by atoms with Crippen LogP contribution >= 0.6 is 27.3 Å². The topological polar surface area (TPSA) is 55.4 Å². The highest BCUT2D eigenvalue weighted by atomic mass is 79.9. The molecule has 1 aromatic heterocycles. The molecule has 1 N–H and O–H groups in total. The summed E-state index contributed by atoms with van der Waals surface area (Å²) in [6.45, 7) is 3.94. The fourth-order valence-corrected chi connectivity index (χ4v) is 2.18. The Hall–Kier alpha value is -0.880. The number of ether oxygens (including phenoxy) is 1. The molecule has 0 saturated heterocycles. The Morgan fingerprint density at radius 2 is 2.25 bits per heavy atom. The largest absolute Gasteiger partial charge is 0.462 e. The maximum absolute atomic E-state index is 11.6. The molecule has 1 aromatic rings. The first-order valence-corrected chi connectivity index (χ1v) is 6.65. The third kappa shape index (κ3) is 3.31. The summed E-state index contributed by atoms with van der Waals surface area (Å²) in [6, 6.07) is 1.71. The van der Waals surface area contributed by atoms with Crippen molar-refractivity contribution in [3.05, 3.63) is 16.5 Å². The molecule has 0 bridgehead atoms. The zero-order valence-electron chi connectivity index (χ0n) is 9.00. The third-order valence-electron chi connectivity index (χ3n) is 1.72. The molecule has 0 spiro atoms. The van der Waals surface area contributed by atoms with Crippen molar-refractivity contribution < 1.29 is 14.3 Å². The van der Waals surface area contributed by atoms with E-state index in [-0.39, 0.29) is 11.2 Å². The number of carbonyl (C=O) groups excluding carboxylic acids is 2. The second-order valence-corrected chi connectivity index (χ2v) is 4.82. The maximum atomic E-state index is 11.6. The Morgan fingerprint density at radius 1 is 1.56 bits per heavy atom. The van der Waals surface area contributed by atoms with Gasteiger partial charge in [0.15, 0.2) is 0 Å². The molecule has 0 aliphatic rings. The summed E-state index contributed by atoms with van der Waals surface area (Å²) in [5.41, 5.74) is 0.415. The van der Waals surface area contributed by atoms with Gasteiger partial charge in [-0.1, -0.05) is 15.9 Å². The molecule has 0 aliphatic carbocycles. The quantitative estimate of drug-likeness (QED) is 0.687. The Morgan fingerprint density at radius 3 is 2.81 bits per heavy atom. The summed E-state index contributed by atoms with van der Waals surface area (Å²) < 4.78 is 4.90. The minimum atomic E-state index is -0.406. The number of esters is 1. The van der Waals surface area contributed by atoms with Crippen LogP contribution in [0.25, 0.3) is 0 Å². The third-order valence-corrected chi connectivity index (χ3v) is 3.20. The van der Waals surface area contributed by atoms with Gasteiger partial charge in [-0.05, 0) is 19.9 Å². The first-order valence-electron chi connectivity index (χ1n) is 4.71. The van der Waals surface area contributed by atoms with Crippen molar-refractivity contribution in [2.75, 3.05) is 17.3 Å².